The zero-order chi connectivity index (χ0) is 7.23. The minimum atomic E-state index is 0.744. The first-order valence-corrected chi connectivity index (χ1v) is 4.42. The van der Waals surface area contributed by atoms with Gasteiger partial charge in [-0.25, -0.2) is 0 Å². The highest BCUT2D eigenvalue weighted by atomic mass is 14.1. The molecule has 0 aromatic heterocycles. The van der Waals surface area contributed by atoms with Gasteiger partial charge < -0.3 is 0 Å². The minimum absolute atomic E-state index is 0.744. The summed E-state index contributed by atoms with van der Waals surface area (Å²) in [5, 5.41) is 0. The molecular weight excluding hydrogens is 120 g/mol. The van der Waals surface area contributed by atoms with Gasteiger partial charge in [-0.2, -0.15) is 0 Å². The lowest BCUT2D eigenvalue weighted by molar-refractivity contribution is 0.430. The second-order valence-electron chi connectivity index (χ2n) is 3.01. The summed E-state index contributed by atoms with van der Waals surface area (Å²) in [4.78, 5) is 0. The Morgan fingerprint density at radius 2 is 1.90 bits per heavy atom. The van der Waals surface area contributed by atoms with E-state index >= 15 is 0 Å². The first-order valence-electron chi connectivity index (χ1n) is 4.42. The van der Waals surface area contributed by atoms with E-state index in [1.54, 1.807) is 0 Å². The Balaban J connectivity index is 2.25. The minimum Gasteiger partial charge on any atom is -0.103 e. The van der Waals surface area contributed by atoms with Crippen molar-refractivity contribution >= 4 is 0 Å². The standard InChI is InChI=1S/C10H16/c1-2-3-7-10-8-5-4-6-9-10/h10H,2,4-6,8-9H2,1H3. The first kappa shape index (κ1) is 7.66. The summed E-state index contributed by atoms with van der Waals surface area (Å²) in [6, 6.07) is 0. The summed E-state index contributed by atoms with van der Waals surface area (Å²) in [6.07, 6.45) is 7.98. The largest absolute Gasteiger partial charge is 0.103 e. The molecule has 0 spiro atoms. The van der Waals surface area contributed by atoms with Gasteiger partial charge in [-0.05, 0) is 12.8 Å². The average molecular weight is 136 g/mol. The number of hydrogen-bond acceptors (Lipinski definition) is 0. The summed E-state index contributed by atoms with van der Waals surface area (Å²) < 4.78 is 0. The molecule has 0 heteroatoms. The van der Waals surface area contributed by atoms with E-state index in [2.05, 4.69) is 18.8 Å². The van der Waals surface area contributed by atoms with E-state index in [9.17, 15) is 0 Å². The molecule has 0 N–H and O–H groups in total. The van der Waals surface area contributed by atoms with Gasteiger partial charge in [0.15, 0.2) is 0 Å². The van der Waals surface area contributed by atoms with Crippen molar-refractivity contribution in [2.45, 2.75) is 45.4 Å². The van der Waals surface area contributed by atoms with Crippen molar-refractivity contribution in [3.05, 3.63) is 0 Å². The lowest BCUT2D eigenvalue weighted by Gasteiger charge is -2.15. The van der Waals surface area contributed by atoms with Gasteiger partial charge in [0.25, 0.3) is 0 Å². The van der Waals surface area contributed by atoms with Crippen molar-refractivity contribution in [1.29, 1.82) is 0 Å². The maximum absolute atomic E-state index is 3.32. The predicted octanol–water partition coefficient (Wildman–Crippen LogP) is 2.98. The SMILES string of the molecule is CCC#CC1CCCCC1. The third kappa shape index (κ3) is 2.43. The smallest absolute Gasteiger partial charge is 0.0202 e. The summed E-state index contributed by atoms with van der Waals surface area (Å²) in [7, 11) is 0. The third-order valence-electron chi connectivity index (χ3n) is 2.09. The van der Waals surface area contributed by atoms with Crippen molar-refractivity contribution < 1.29 is 0 Å². The number of rotatable bonds is 0. The second-order valence-corrected chi connectivity index (χ2v) is 3.01. The quantitative estimate of drug-likeness (QED) is 0.449. The topological polar surface area (TPSA) is 0 Å². The lowest BCUT2D eigenvalue weighted by Crippen LogP contribution is -2.02. The molecule has 1 rings (SSSR count). The zero-order valence-corrected chi connectivity index (χ0v) is 6.82. The van der Waals surface area contributed by atoms with Crippen LogP contribution in [0, 0.1) is 17.8 Å². The molecule has 1 aliphatic rings. The number of hydrogen-bond donors (Lipinski definition) is 0. The van der Waals surface area contributed by atoms with Gasteiger partial charge in [-0.1, -0.05) is 32.1 Å². The monoisotopic (exact) mass is 136 g/mol. The normalized spacial score (nSPS) is 19.7. The van der Waals surface area contributed by atoms with Crippen LogP contribution in [-0.2, 0) is 0 Å². The molecule has 1 fully saturated rings. The fourth-order valence-corrected chi connectivity index (χ4v) is 1.49. The summed E-state index contributed by atoms with van der Waals surface area (Å²) in [5.74, 6) is 7.23. The third-order valence-corrected chi connectivity index (χ3v) is 2.09. The molecule has 0 aromatic carbocycles. The van der Waals surface area contributed by atoms with E-state index in [0.717, 1.165) is 12.3 Å². The molecule has 0 nitrogen and oxygen atoms in total. The van der Waals surface area contributed by atoms with Crippen molar-refractivity contribution in [3.8, 4) is 11.8 Å². The van der Waals surface area contributed by atoms with E-state index in [1.807, 2.05) is 0 Å². The lowest BCUT2D eigenvalue weighted by atomic mass is 9.90. The molecule has 56 valence electrons. The molecule has 10 heavy (non-hydrogen) atoms. The summed E-state index contributed by atoms with van der Waals surface area (Å²) in [5.41, 5.74) is 0. The molecule has 0 saturated heterocycles. The summed E-state index contributed by atoms with van der Waals surface area (Å²) >= 11 is 0. The van der Waals surface area contributed by atoms with Crippen LogP contribution in [-0.4, -0.2) is 0 Å². The molecule has 0 unspecified atom stereocenters. The summed E-state index contributed by atoms with van der Waals surface area (Å²) in [6.45, 7) is 2.12. The van der Waals surface area contributed by atoms with E-state index in [0.29, 0.717) is 0 Å². The Labute approximate surface area is 64.0 Å². The highest BCUT2D eigenvalue weighted by Crippen LogP contribution is 2.22. The van der Waals surface area contributed by atoms with Crippen LogP contribution < -0.4 is 0 Å². The molecule has 0 atom stereocenters. The van der Waals surface area contributed by atoms with Gasteiger partial charge in [-0.3, -0.25) is 0 Å². The van der Waals surface area contributed by atoms with E-state index in [1.165, 1.54) is 32.1 Å². The van der Waals surface area contributed by atoms with Crippen LogP contribution in [0.4, 0.5) is 0 Å². The van der Waals surface area contributed by atoms with Gasteiger partial charge in [0.05, 0.1) is 0 Å². The van der Waals surface area contributed by atoms with Crippen LogP contribution in [0.2, 0.25) is 0 Å². The maximum atomic E-state index is 3.32. The average Bonchev–Trinajstić information content (AvgIpc) is 2.03. The van der Waals surface area contributed by atoms with Gasteiger partial charge in [0.2, 0.25) is 0 Å². The molecular formula is C10H16. The Morgan fingerprint density at radius 3 is 2.50 bits per heavy atom. The van der Waals surface area contributed by atoms with Crippen molar-refractivity contribution in [2.75, 3.05) is 0 Å². The van der Waals surface area contributed by atoms with Crippen LogP contribution in [0.3, 0.4) is 0 Å². The van der Waals surface area contributed by atoms with Crippen molar-refractivity contribution in [2.24, 2.45) is 5.92 Å². The first-order chi connectivity index (χ1) is 4.93. The van der Waals surface area contributed by atoms with Gasteiger partial charge >= 0.3 is 0 Å². The van der Waals surface area contributed by atoms with Gasteiger partial charge in [0, 0.05) is 12.3 Å². The van der Waals surface area contributed by atoms with Crippen LogP contribution in [0.1, 0.15) is 45.4 Å². The van der Waals surface area contributed by atoms with Crippen LogP contribution >= 0.6 is 0 Å². The van der Waals surface area contributed by atoms with Crippen LogP contribution in [0.15, 0.2) is 0 Å². The van der Waals surface area contributed by atoms with Crippen molar-refractivity contribution in [1.82, 2.24) is 0 Å². The van der Waals surface area contributed by atoms with Crippen LogP contribution in [0.25, 0.3) is 0 Å². The van der Waals surface area contributed by atoms with E-state index in [4.69, 9.17) is 0 Å². The highest BCUT2D eigenvalue weighted by molar-refractivity contribution is 5.03. The van der Waals surface area contributed by atoms with Gasteiger partial charge in [-0.15, -0.1) is 5.92 Å². The van der Waals surface area contributed by atoms with Crippen LogP contribution in [0.5, 0.6) is 0 Å². The fraction of sp³-hybridized carbons (Fsp3) is 0.800. The van der Waals surface area contributed by atoms with E-state index < -0.39 is 0 Å². The Kier molecular flexibility index (Phi) is 3.36. The molecule has 0 aliphatic heterocycles. The van der Waals surface area contributed by atoms with Crippen molar-refractivity contribution in [3.63, 3.8) is 0 Å². The molecule has 0 aromatic rings. The second kappa shape index (κ2) is 4.39. The molecule has 0 heterocycles. The molecule has 1 saturated carbocycles. The highest BCUT2D eigenvalue weighted by Gasteiger charge is 2.09. The molecule has 0 amide bonds. The molecule has 1 aliphatic carbocycles. The maximum Gasteiger partial charge on any atom is 0.0202 e. The van der Waals surface area contributed by atoms with E-state index in [-0.39, 0.29) is 0 Å². The zero-order valence-electron chi connectivity index (χ0n) is 6.82. The molecule has 0 bridgehead atoms. The fourth-order valence-electron chi connectivity index (χ4n) is 1.49. The predicted molar refractivity (Wildman–Crippen MR) is 44.6 cm³/mol. The Hall–Kier alpha value is -0.440. The Bertz CT molecular complexity index is 130. The van der Waals surface area contributed by atoms with Gasteiger partial charge in [0.1, 0.15) is 0 Å². The molecule has 0 radical (unpaired) electrons. The Morgan fingerprint density at radius 1 is 1.20 bits per heavy atom.